The van der Waals surface area contributed by atoms with E-state index >= 15 is 0 Å². The molecule has 0 aliphatic carbocycles. The summed E-state index contributed by atoms with van der Waals surface area (Å²) in [7, 11) is -3.02. The van der Waals surface area contributed by atoms with Gasteiger partial charge in [0.25, 0.3) is 19.1 Å². The van der Waals surface area contributed by atoms with E-state index in [1.54, 1.807) is 43.7 Å². The highest BCUT2D eigenvalue weighted by Gasteiger charge is 2.24. The van der Waals surface area contributed by atoms with Gasteiger partial charge in [0.05, 0.1) is 31.2 Å². The number of nitrogens with two attached hydrogens (primary N) is 1. The molecule has 0 bridgehead atoms. The van der Waals surface area contributed by atoms with Gasteiger partial charge in [0.1, 0.15) is 34.3 Å². The molecule has 8 rings (SSSR count). The lowest BCUT2D eigenvalue weighted by atomic mass is 10.0. The molecule has 0 fully saturated rings. The molecule has 0 saturated carbocycles. The van der Waals surface area contributed by atoms with Crippen molar-refractivity contribution in [1.82, 2.24) is 29.9 Å². The number of aromatic amines is 2. The third kappa shape index (κ3) is 10.2. The number of nitrogens with zero attached hydrogens (tertiary/aromatic N) is 4. The number of rotatable bonds is 8. The van der Waals surface area contributed by atoms with Crippen LogP contribution in [-0.4, -0.2) is 58.3 Å². The molecule has 0 aliphatic rings. The van der Waals surface area contributed by atoms with Gasteiger partial charge in [-0.3, -0.25) is 14.3 Å². The Balaban J connectivity index is 0.000000171. The van der Waals surface area contributed by atoms with E-state index in [-0.39, 0.29) is 48.9 Å². The third-order valence-electron chi connectivity index (χ3n) is 8.70. The number of carbonyl (C=O) groups excluding carboxylic acids is 2. The number of ketones is 2. The van der Waals surface area contributed by atoms with Crippen LogP contribution in [0.5, 0.6) is 0 Å². The summed E-state index contributed by atoms with van der Waals surface area (Å²) in [5.74, 6) is -2.01. The highest BCUT2D eigenvalue weighted by atomic mass is 35.7. The van der Waals surface area contributed by atoms with Crippen molar-refractivity contribution in [2.75, 3.05) is 10.5 Å². The number of hydrogen-bond donors (Lipinski definition) is 4. The van der Waals surface area contributed by atoms with Crippen LogP contribution in [0.1, 0.15) is 43.2 Å². The molecule has 14 nitrogen and oxygen atoms in total. The van der Waals surface area contributed by atoms with Crippen LogP contribution in [0.25, 0.3) is 22.1 Å². The van der Waals surface area contributed by atoms with E-state index in [1.165, 1.54) is 68.0 Å². The SMILES string of the molecule is Cc1ccc(S(=O)(=O)Cl)cc1F.Cc1ccc(S(=O)(=O)Nc2cc(Cl)cnc2C(=O)c2ccnc3[nH]ccc23)cc1F.Nc1cc(Cl)cnc1C(=O)c1ccnc2[nH]ccc12. The van der Waals surface area contributed by atoms with Crippen LogP contribution in [0.2, 0.25) is 10.0 Å². The Morgan fingerprint density at radius 2 is 1.13 bits per heavy atom. The molecule has 2 aromatic carbocycles. The number of aromatic nitrogens is 6. The fourth-order valence-electron chi connectivity index (χ4n) is 5.59. The Hall–Kier alpha value is -6.31. The van der Waals surface area contributed by atoms with Gasteiger partial charge in [0, 0.05) is 69.8 Å². The second-order valence-electron chi connectivity index (χ2n) is 12.9. The summed E-state index contributed by atoms with van der Waals surface area (Å²) in [6, 6.07) is 16.5. The number of benzene rings is 2. The largest absolute Gasteiger partial charge is 0.397 e. The minimum Gasteiger partial charge on any atom is -0.397 e. The van der Waals surface area contributed by atoms with E-state index in [4.69, 9.17) is 39.6 Å². The van der Waals surface area contributed by atoms with Gasteiger partial charge >= 0.3 is 0 Å². The lowest BCUT2D eigenvalue weighted by Gasteiger charge is -2.12. The summed E-state index contributed by atoms with van der Waals surface area (Å²) in [6.45, 7) is 3.06. The molecule has 5 N–H and O–H groups in total. The standard InChI is InChI=1S/C20H14ClFN4O3S.C13H9ClN4O.C7H6ClFO2S/c1-11-2-3-13(9-16(11)22)30(28,29)26-17-8-12(21)10-25-18(17)19(27)14-4-6-23-20-15(14)5-7-24-20;14-7-5-10(15)11(18-6-7)12(19)8-1-3-16-13-9(8)2-4-17-13;1-5-2-3-6(4-7(5)9)12(8,10)11/h2-10,26H,1H3,(H,23,24);1-6H,15H2,(H,16,17);2-4H,1H3. The monoisotopic (exact) mass is 924 g/mol. The number of sulfonamides is 1. The Morgan fingerprint density at radius 3 is 1.64 bits per heavy atom. The molecule has 6 heterocycles. The zero-order valence-corrected chi connectivity index (χ0v) is 35.3. The second kappa shape index (κ2) is 18.1. The minimum absolute atomic E-state index is 0.117. The van der Waals surface area contributed by atoms with Gasteiger partial charge < -0.3 is 15.7 Å². The maximum absolute atomic E-state index is 13.9. The fourth-order valence-corrected chi connectivity index (χ4v) is 7.74. The van der Waals surface area contributed by atoms with Gasteiger partial charge in [-0.25, -0.2) is 45.6 Å². The van der Waals surface area contributed by atoms with Crippen molar-refractivity contribution in [2.45, 2.75) is 23.6 Å². The van der Waals surface area contributed by atoms with Crippen LogP contribution >= 0.6 is 33.9 Å². The van der Waals surface area contributed by atoms with Crippen LogP contribution < -0.4 is 10.5 Å². The first-order valence-electron chi connectivity index (χ1n) is 17.3. The van der Waals surface area contributed by atoms with Gasteiger partial charge in [-0.05, 0) is 85.6 Å². The number of pyridine rings is 4. The second-order valence-corrected chi connectivity index (χ2v) is 18.0. The van der Waals surface area contributed by atoms with E-state index in [0.717, 1.165) is 17.5 Å². The highest BCUT2D eigenvalue weighted by molar-refractivity contribution is 8.13. The summed E-state index contributed by atoms with van der Waals surface area (Å²) in [5.41, 5.74) is 8.63. The third-order valence-corrected chi connectivity index (χ3v) is 11.8. The van der Waals surface area contributed by atoms with Crippen LogP contribution in [0.3, 0.4) is 0 Å². The molecule has 0 amide bonds. The zero-order chi connectivity index (χ0) is 44.2. The summed E-state index contributed by atoms with van der Waals surface area (Å²) >= 11 is 11.8. The molecule has 8 aromatic rings. The highest BCUT2D eigenvalue weighted by Crippen LogP contribution is 2.28. The maximum atomic E-state index is 13.9. The van der Waals surface area contributed by atoms with E-state index in [1.807, 2.05) is 0 Å². The van der Waals surface area contributed by atoms with E-state index < -0.39 is 36.5 Å². The average molecular weight is 926 g/mol. The lowest BCUT2D eigenvalue weighted by Crippen LogP contribution is -2.17. The maximum Gasteiger partial charge on any atom is 0.262 e. The van der Waals surface area contributed by atoms with Gasteiger partial charge in [-0.15, -0.1) is 0 Å². The van der Waals surface area contributed by atoms with Crippen LogP contribution in [0.15, 0.2) is 120 Å². The molecule has 21 heteroatoms. The van der Waals surface area contributed by atoms with Gasteiger partial charge in [0.15, 0.2) is 0 Å². The predicted molar refractivity (Wildman–Crippen MR) is 228 cm³/mol. The minimum atomic E-state index is -4.20. The van der Waals surface area contributed by atoms with E-state index in [9.17, 15) is 35.2 Å². The van der Waals surface area contributed by atoms with Crippen LogP contribution in [-0.2, 0) is 19.1 Å². The quantitative estimate of drug-likeness (QED) is 0.0834. The number of aryl methyl sites for hydroxylation is 2. The Labute approximate surface area is 360 Å². The molecule has 0 radical (unpaired) electrons. The van der Waals surface area contributed by atoms with Gasteiger partial charge in [-0.2, -0.15) is 0 Å². The van der Waals surface area contributed by atoms with Crippen molar-refractivity contribution in [3.8, 4) is 0 Å². The van der Waals surface area contributed by atoms with Crippen molar-refractivity contribution in [1.29, 1.82) is 0 Å². The number of nitrogens with one attached hydrogen (secondary N) is 3. The zero-order valence-electron chi connectivity index (χ0n) is 31.4. The molecule has 61 heavy (non-hydrogen) atoms. The summed E-state index contributed by atoms with van der Waals surface area (Å²) < 4.78 is 75.9. The first-order valence-corrected chi connectivity index (χ1v) is 21.9. The lowest BCUT2D eigenvalue weighted by molar-refractivity contribution is 0.102. The molecule has 0 atom stereocenters. The molecule has 0 aliphatic heterocycles. The molecular formula is C40H29Cl3F2N8O6S2. The Kier molecular flexibility index (Phi) is 13.1. The fraction of sp³-hybridized carbons (Fsp3) is 0.0500. The van der Waals surface area contributed by atoms with E-state index in [2.05, 4.69) is 34.6 Å². The summed E-state index contributed by atoms with van der Waals surface area (Å²) in [4.78, 5) is 47.3. The Bertz CT molecular complexity index is 3220. The van der Waals surface area contributed by atoms with Crippen LogP contribution in [0, 0.1) is 25.5 Å². The number of H-pyrrole nitrogens is 2. The van der Waals surface area contributed by atoms with Crippen molar-refractivity contribution in [3.63, 3.8) is 0 Å². The molecule has 6 aromatic heterocycles. The molecule has 0 spiro atoms. The van der Waals surface area contributed by atoms with Crippen molar-refractivity contribution in [2.24, 2.45) is 0 Å². The number of fused-ring (bicyclic) bond motifs is 2. The smallest absolute Gasteiger partial charge is 0.262 e. The number of anilines is 2. The molecule has 312 valence electrons. The average Bonchev–Trinajstić information content (AvgIpc) is 3.90. The number of nitrogen functional groups attached to an aromatic ring is 1. The predicted octanol–water partition coefficient (Wildman–Crippen LogP) is 8.58. The summed E-state index contributed by atoms with van der Waals surface area (Å²) in [6.07, 6.45) is 9.04. The van der Waals surface area contributed by atoms with Crippen molar-refractivity contribution >= 4 is 98.0 Å². The number of carbonyl (C=O) groups is 2. The Morgan fingerprint density at radius 1 is 0.656 bits per heavy atom. The van der Waals surface area contributed by atoms with Crippen LogP contribution in [0.4, 0.5) is 20.2 Å². The first kappa shape index (κ1) is 44.2. The number of halogens is 5. The molecule has 0 unspecified atom stereocenters. The van der Waals surface area contributed by atoms with Crippen molar-refractivity contribution in [3.05, 3.63) is 165 Å². The molecular weight excluding hydrogens is 897 g/mol. The first-order chi connectivity index (χ1) is 28.8. The molecule has 0 saturated heterocycles. The van der Waals surface area contributed by atoms with Gasteiger partial charge in [-0.1, -0.05) is 35.3 Å². The normalized spacial score (nSPS) is 11.3. The van der Waals surface area contributed by atoms with Gasteiger partial charge in [0.2, 0.25) is 11.6 Å². The van der Waals surface area contributed by atoms with Crippen molar-refractivity contribution < 1.29 is 35.2 Å². The number of hydrogen-bond acceptors (Lipinski definition) is 11. The summed E-state index contributed by atoms with van der Waals surface area (Å²) in [5, 5.41) is 1.83. The van der Waals surface area contributed by atoms with E-state index in [0.29, 0.717) is 38.4 Å². The topological polar surface area (TPSA) is 224 Å².